The first-order valence-corrected chi connectivity index (χ1v) is 9.21. The second kappa shape index (κ2) is 8.66. The first-order chi connectivity index (χ1) is 10.2. The molecule has 1 unspecified atom stereocenters. The second-order valence-electron chi connectivity index (χ2n) is 5.45. The van der Waals surface area contributed by atoms with Crippen molar-refractivity contribution in [1.82, 2.24) is 10.3 Å². The molecule has 0 bridgehead atoms. The maximum absolute atomic E-state index is 4.62. The normalized spacial score (nSPS) is 12.5. The minimum absolute atomic E-state index is 0.584. The maximum Gasteiger partial charge on any atom is 0.0931 e. The Morgan fingerprint density at radius 1 is 1.29 bits per heavy atom. The summed E-state index contributed by atoms with van der Waals surface area (Å²) in [4.78, 5) is 4.62. The van der Waals surface area contributed by atoms with Crippen LogP contribution in [0.15, 0.2) is 34.1 Å². The highest BCUT2D eigenvalue weighted by Crippen LogP contribution is 2.22. The summed E-state index contributed by atoms with van der Waals surface area (Å²) in [6.07, 6.45) is 3.31. The zero-order chi connectivity index (χ0) is 15.1. The summed E-state index contributed by atoms with van der Waals surface area (Å²) >= 11 is 5.44. The predicted molar refractivity (Wildman–Crippen MR) is 95.1 cm³/mol. The van der Waals surface area contributed by atoms with E-state index in [1.165, 1.54) is 21.5 Å². The van der Waals surface area contributed by atoms with E-state index in [0.717, 1.165) is 31.6 Å². The molecule has 1 aromatic heterocycles. The molecule has 1 N–H and O–H groups in total. The van der Waals surface area contributed by atoms with Crippen LogP contribution in [0, 0.1) is 12.8 Å². The summed E-state index contributed by atoms with van der Waals surface area (Å²) in [5.74, 6) is 0.584. The number of hydrogen-bond donors (Lipinski definition) is 1. The summed E-state index contributed by atoms with van der Waals surface area (Å²) in [5, 5.41) is 6.96. The Labute approximate surface area is 140 Å². The fourth-order valence-electron chi connectivity index (χ4n) is 2.42. The number of aromatic nitrogens is 1. The molecule has 2 nitrogen and oxygen atoms in total. The Hall–Kier alpha value is -0.710. The summed E-state index contributed by atoms with van der Waals surface area (Å²) in [6.45, 7) is 6.41. The van der Waals surface area contributed by atoms with Crippen LogP contribution in [-0.4, -0.2) is 18.1 Å². The van der Waals surface area contributed by atoms with Crippen LogP contribution in [0.25, 0.3) is 0 Å². The summed E-state index contributed by atoms with van der Waals surface area (Å²) in [5.41, 5.74) is 2.52. The molecule has 1 atom stereocenters. The number of thiazole rings is 1. The molecule has 0 aliphatic heterocycles. The van der Waals surface area contributed by atoms with Crippen LogP contribution < -0.4 is 5.32 Å². The summed E-state index contributed by atoms with van der Waals surface area (Å²) in [6, 6.07) is 8.52. The molecule has 4 heteroatoms. The van der Waals surface area contributed by atoms with Gasteiger partial charge in [0.15, 0.2) is 0 Å². The third-order valence-electron chi connectivity index (χ3n) is 3.46. The molecule has 0 spiro atoms. The molecule has 0 fully saturated rings. The zero-order valence-corrected chi connectivity index (χ0v) is 15.1. The predicted octanol–water partition coefficient (Wildman–Crippen LogP) is 4.62. The van der Waals surface area contributed by atoms with Crippen LogP contribution in [0.1, 0.15) is 29.6 Å². The van der Waals surface area contributed by atoms with Crippen molar-refractivity contribution < 1.29 is 0 Å². The van der Waals surface area contributed by atoms with Gasteiger partial charge < -0.3 is 5.32 Å². The minimum atomic E-state index is 0.584. The number of aryl methyl sites for hydroxylation is 1. The quantitative estimate of drug-likeness (QED) is 0.689. The Bertz CT molecular complexity index is 553. The van der Waals surface area contributed by atoms with Gasteiger partial charge >= 0.3 is 0 Å². The van der Waals surface area contributed by atoms with Gasteiger partial charge in [0.05, 0.1) is 5.01 Å². The van der Waals surface area contributed by atoms with E-state index in [-0.39, 0.29) is 0 Å². The van der Waals surface area contributed by atoms with E-state index in [1.54, 1.807) is 11.3 Å². The number of nitrogens with zero attached hydrogens (tertiary/aromatic N) is 1. The Morgan fingerprint density at radius 2 is 2.10 bits per heavy atom. The molecule has 0 aliphatic carbocycles. The van der Waals surface area contributed by atoms with Gasteiger partial charge in [-0.15, -0.1) is 11.3 Å². The standard InChI is InChI=1S/C17H23BrN2S/c1-3-8-19-11-14(10-17-20-13(2)12-21-17)9-15-6-4-5-7-16(15)18/h4-7,12,14,19H,3,8-11H2,1-2H3. The molecule has 1 aromatic carbocycles. The zero-order valence-electron chi connectivity index (χ0n) is 12.7. The van der Waals surface area contributed by atoms with Gasteiger partial charge in [-0.3, -0.25) is 0 Å². The molecule has 0 amide bonds. The minimum Gasteiger partial charge on any atom is -0.316 e. The molecule has 0 aliphatic rings. The molecular formula is C17H23BrN2S. The lowest BCUT2D eigenvalue weighted by Gasteiger charge is -2.17. The number of nitrogens with one attached hydrogen (secondary N) is 1. The number of rotatable bonds is 8. The molecule has 2 aromatic rings. The molecule has 2 rings (SSSR count). The van der Waals surface area contributed by atoms with Crippen molar-refractivity contribution in [2.45, 2.75) is 33.1 Å². The van der Waals surface area contributed by atoms with Gasteiger partial charge in [-0.05, 0) is 50.4 Å². The molecule has 21 heavy (non-hydrogen) atoms. The smallest absolute Gasteiger partial charge is 0.0931 e. The van der Waals surface area contributed by atoms with Crippen molar-refractivity contribution in [3.05, 3.63) is 50.4 Å². The van der Waals surface area contributed by atoms with Gasteiger partial charge in [0, 0.05) is 22.0 Å². The Balaban J connectivity index is 2.02. The number of hydrogen-bond acceptors (Lipinski definition) is 3. The van der Waals surface area contributed by atoms with E-state index < -0.39 is 0 Å². The Kier molecular flexibility index (Phi) is 6.87. The largest absolute Gasteiger partial charge is 0.316 e. The van der Waals surface area contributed by atoms with Crippen LogP contribution in [-0.2, 0) is 12.8 Å². The molecule has 114 valence electrons. The lowest BCUT2D eigenvalue weighted by Crippen LogP contribution is -2.26. The van der Waals surface area contributed by atoms with Crippen molar-refractivity contribution in [2.24, 2.45) is 5.92 Å². The highest BCUT2D eigenvalue weighted by molar-refractivity contribution is 9.10. The molecule has 0 saturated heterocycles. The SMILES string of the molecule is CCCNCC(Cc1nc(C)cs1)Cc1ccccc1Br. The van der Waals surface area contributed by atoms with Crippen molar-refractivity contribution >= 4 is 27.3 Å². The maximum atomic E-state index is 4.62. The molecule has 0 radical (unpaired) electrons. The van der Waals surface area contributed by atoms with E-state index in [1.807, 2.05) is 0 Å². The molecular weight excluding hydrogens is 344 g/mol. The van der Waals surface area contributed by atoms with Crippen molar-refractivity contribution in [3.63, 3.8) is 0 Å². The van der Waals surface area contributed by atoms with Crippen LogP contribution in [0.4, 0.5) is 0 Å². The van der Waals surface area contributed by atoms with Crippen molar-refractivity contribution in [1.29, 1.82) is 0 Å². The Morgan fingerprint density at radius 3 is 2.76 bits per heavy atom. The van der Waals surface area contributed by atoms with Gasteiger partial charge in [0.1, 0.15) is 0 Å². The highest BCUT2D eigenvalue weighted by atomic mass is 79.9. The third kappa shape index (κ3) is 5.53. The van der Waals surface area contributed by atoms with Gasteiger partial charge in [0.25, 0.3) is 0 Å². The molecule has 1 heterocycles. The number of benzene rings is 1. The lowest BCUT2D eigenvalue weighted by molar-refractivity contribution is 0.469. The second-order valence-corrected chi connectivity index (χ2v) is 7.25. The molecule has 0 saturated carbocycles. The van der Waals surface area contributed by atoms with Crippen LogP contribution in [0.5, 0.6) is 0 Å². The summed E-state index contributed by atoms with van der Waals surface area (Å²) in [7, 11) is 0. The van der Waals surface area contributed by atoms with E-state index in [4.69, 9.17) is 0 Å². The van der Waals surface area contributed by atoms with Gasteiger partial charge in [-0.25, -0.2) is 4.98 Å². The van der Waals surface area contributed by atoms with Crippen molar-refractivity contribution in [2.75, 3.05) is 13.1 Å². The van der Waals surface area contributed by atoms with Gasteiger partial charge in [-0.2, -0.15) is 0 Å². The average Bonchev–Trinajstić information content (AvgIpc) is 2.87. The third-order valence-corrected chi connectivity index (χ3v) is 5.22. The van der Waals surface area contributed by atoms with E-state index in [9.17, 15) is 0 Å². The monoisotopic (exact) mass is 366 g/mol. The van der Waals surface area contributed by atoms with Crippen LogP contribution >= 0.6 is 27.3 Å². The average molecular weight is 367 g/mol. The van der Waals surface area contributed by atoms with Crippen LogP contribution in [0.2, 0.25) is 0 Å². The fraction of sp³-hybridized carbons (Fsp3) is 0.471. The summed E-state index contributed by atoms with van der Waals surface area (Å²) < 4.78 is 1.21. The number of halogens is 1. The van der Waals surface area contributed by atoms with E-state index in [0.29, 0.717) is 5.92 Å². The highest BCUT2D eigenvalue weighted by Gasteiger charge is 2.14. The van der Waals surface area contributed by atoms with E-state index in [2.05, 4.69) is 69.7 Å². The van der Waals surface area contributed by atoms with Gasteiger partial charge in [-0.1, -0.05) is 41.1 Å². The topological polar surface area (TPSA) is 24.9 Å². The van der Waals surface area contributed by atoms with E-state index >= 15 is 0 Å². The first-order valence-electron chi connectivity index (χ1n) is 7.54. The van der Waals surface area contributed by atoms with Crippen molar-refractivity contribution in [3.8, 4) is 0 Å². The fourth-order valence-corrected chi connectivity index (χ4v) is 3.75. The lowest BCUT2D eigenvalue weighted by atomic mass is 9.96. The first kappa shape index (κ1) is 16.7. The van der Waals surface area contributed by atoms with Gasteiger partial charge in [0.2, 0.25) is 0 Å². The van der Waals surface area contributed by atoms with Crippen LogP contribution in [0.3, 0.4) is 0 Å².